The molecule has 1 aromatic heterocycles. The van der Waals surface area contributed by atoms with E-state index in [1.54, 1.807) is 0 Å². The van der Waals surface area contributed by atoms with Crippen LogP contribution in [0.2, 0.25) is 0 Å². The first kappa shape index (κ1) is 10.9. The molecule has 0 spiro atoms. The predicted molar refractivity (Wildman–Crippen MR) is 61.5 cm³/mol. The maximum Gasteiger partial charge on any atom is 0.375 e. The van der Waals surface area contributed by atoms with Crippen molar-refractivity contribution in [3.8, 4) is 11.3 Å². The second-order valence-electron chi connectivity index (χ2n) is 3.14. The number of benzene rings is 1. The number of aromatic nitrogens is 1. The van der Waals surface area contributed by atoms with Gasteiger partial charge < -0.3 is 9.63 Å². The van der Waals surface area contributed by atoms with Crippen LogP contribution in [0.1, 0.15) is 16.1 Å². The molecule has 0 saturated heterocycles. The standard InChI is InChI=1S/C11H8BrNO3/c12-6-8-9(7-4-2-1-3-5-7)13-16-10(8)11(14)15/h1-5H,6H2,(H,14,15). The van der Waals surface area contributed by atoms with Crippen LogP contribution in [0.4, 0.5) is 0 Å². The molecular weight excluding hydrogens is 274 g/mol. The van der Waals surface area contributed by atoms with Crippen molar-refractivity contribution in [2.45, 2.75) is 5.33 Å². The van der Waals surface area contributed by atoms with E-state index < -0.39 is 5.97 Å². The van der Waals surface area contributed by atoms with Gasteiger partial charge >= 0.3 is 5.97 Å². The SMILES string of the molecule is O=C(O)c1onc(-c2ccccc2)c1CBr. The van der Waals surface area contributed by atoms with E-state index in [0.29, 0.717) is 16.6 Å². The van der Waals surface area contributed by atoms with Crippen molar-refractivity contribution in [3.05, 3.63) is 41.7 Å². The Labute approximate surface area is 100 Å². The lowest BCUT2D eigenvalue weighted by Gasteiger charge is -1.97. The van der Waals surface area contributed by atoms with E-state index in [9.17, 15) is 4.79 Å². The smallest absolute Gasteiger partial charge is 0.375 e. The van der Waals surface area contributed by atoms with Gasteiger partial charge in [-0.1, -0.05) is 51.4 Å². The topological polar surface area (TPSA) is 63.3 Å². The van der Waals surface area contributed by atoms with Gasteiger partial charge in [-0.25, -0.2) is 4.79 Å². The average Bonchev–Trinajstić information content (AvgIpc) is 2.73. The molecule has 0 bridgehead atoms. The van der Waals surface area contributed by atoms with Crippen LogP contribution in [-0.2, 0) is 5.33 Å². The Bertz CT molecular complexity index is 507. The third-order valence-corrected chi connectivity index (χ3v) is 2.72. The summed E-state index contributed by atoms with van der Waals surface area (Å²) in [5, 5.41) is 13.1. The van der Waals surface area contributed by atoms with Crippen LogP contribution < -0.4 is 0 Å². The zero-order valence-corrected chi connectivity index (χ0v) is 9.77. The van der Waals surface area contributed by atoms with E-state index in [1.807, 2.05) is 30.3 Å². The van der Waals surface area contributed by atoms with Gasteiger partial charge in [-0.05, 0) is 0 Å². The molecule has 0 saturated carbocycles. The zero-order valence-electron chi connectivity index (χ0n) is 8.18. The molecule has 0 unspecified atom stereocenters. The maximum atomic E-state index is 10.9. The molecule has 4 nitrogen and oxygen atoms in total. The fourth-order valence-corrected chi connectivity index (χ4v) is 1.94. The summed E-state index contributed by atoms with van der Waals surface area (Å²) in [6, 6.07) is 9.33. The molecule has 0 atom stereocenters. The van der Waals surface area contributed by atoms with Gasteiger partial charge in [0.25, 0.3) is 0 Å². The predicted octanol–water partition coefficient (Wildman–Crippen LogP) is 2.93. The number of hydrogen-bond acceptors (Lipinski definition) is 3. The number of hydrogen-bond donors (Lipinski definition) is 1. The van der Waals surface area contributed by atoms with Crippen LogP contribution in [0.25, 0.3) is 11.3 Å². The summed E-state index contributed by atoms with van der Waals surface area (Å²) in [5.74, 6) is -1.22. The van der Waals surface area contributed by atoms with Gasteiger partial charge in [-0.15, -0.1) is 0 Å². The largest absolute Gasteiger partial charge is 0.475 e. The van der Waals surface area contributed by atoms with Crippen LogP contribution in [0, 0.1) is 0 Å². The molecule has 0 aliphatic carbocycles. The molecule has 1 heterocycles. The van der Waals surface area contributed by atoms with Crippen molar-refractivity contribution in [2.75, 3.05) is 0 Å². The summed E-state index contributed by atoms with van der Waals surface area (Å²) < 4.78 is 4.82. The van der Waals surface area contributed by atoms with Crippen LogP contribution in [0.3, 0.4) is 0 Å². The molecule has 16 heavy (non-hydrogen) atoms. The quantitative estimate of drug-likeness (QED) is 0.879. The maximum absolute atomic E-state index is 10.9. The second-order valence-corrected chi connectivity index (χ2v) is 3.70. The number of carboxylic acids is 1. The Hall–Kier alpha value is -1.62. The van der Waals surface area contributed by atoms with Crippen LogP contribution in [-0.4, -0.2) is 16.2 Å². The van der Waals surface area contributed by atoms with Gasteiger partial charge in [0.2, 0.25) is 5.76 Å². The summed E-state index contributed by atoms with van der Waals surface area (Å²) in [6.07, 6.45) is 0. The first-order valence-corrected chi connectivity index (χ1v) is 5.69. The third-order valence-electron chi connectivity index (χ3n) is 2.16. The van der Waals surface area contributed by atoms with Crippen LogP contribution in [0.15, 0.2) is 34.9 Å². The molecule has 0 aliphatic heterocycles. The Morgan fingerprint density at radius 2 is 2.06 bits per heavy atom. The van der Waals surface area contributed by atoms with Gasteiger partial charge in [0.05, 0.1) is 0 Å². The highest BCUT2D eigenvalue weighted by molar-refractivity contribution is 9.08. The van der Waals surface area contributed by atoms with Crippen molar-refractivity contribution < 1.29 is 14.4 Å². The van der Waals surface area contributed by atoms with E-state index in [0.717, 1.165) is 5.56 Å². The molecule has 0 fully saturated rings. The molecule has 0 aliphatic rings. The fourth-order valence-electron chi connectivity index (χ4n) is 1.42. The summed E-state index contributed by atoms with van der Waals surface area (Å²) in [7, 11) is 0. The lowest BCUT2D eigenvalue weighted by molar-refractivity contribution is 0.0651. The molecular formula is C11H8BrNO3. The monoisotopic (exact) mass is 281 g/mol. The Morgan fingerprint density at radius 1 is 1.38 bits per heavy atom. The molecule has 1 aromatic carbocycles. The molecule has 1 N–H and O–H groups in total. The molecule has 82 valence electrons. The minimum absolute atomic E-state index is 0.115. The fraction of sp³-hybridized carbons (Fsp3) is 0.0909. The van der Waals surface area contributed by atoms with Gasteiger partial charge in [-0.2, -0.15) is 0 Å². The first-order chi connectivity index (χ1) is 7.74. The number of carboxylic acid groups (broad SMARTS) is 1. The van der Waals surface area contributed by atoms with E-state index in [4.69, 9.17) is 9.63 Å². The third kappa shape index (κ3) is 1.86. The number of alkyl halides is 1. The number of nitrogens with zero attached hydrogens (tertiary/aromatic N) is 1. The van der Waals surface area contributed by atoms with E-state index >= 15 is 0 Å². The summed E-state index contributed by atoms with van der Waals surface area (Å²) in [4.78, 5) is 10.9. The minimum Gasteiger partial charge on any atom is -0.475 e. The van der Waals surface area contributed by atoms with Gasteiger partial charge in [-0.3, -0.25) is 0 Å². The Balaban J connectivity index is 2.54. The molecule has 5 heteroatoms. The lowest BCUT2D eigenvalue weighted by Crippen LogP contribution is -1.97. The van der Waals surface area contributed by atoms with E-state index in [1.165, 1.54) is 0 Å². The molecule has 2 rings (SSSR count). The summed E-state index contributed by atoms with van der Waals surface area (Å²) >= 11 is 3.24. The van der Waals surface area contributed by atoms with Crippen molar-refractivity contribution in [1.29, 1.82) is 0 Å². The highest BCUT2D eigenvalue weighted by atomic mass is 79.9. The lowest BCUT2D eigenvalue weighted by atomic mass is 10.1. The highest BCUT2D eigenvalue weighted by Crippen LogP contribution is 2.27. The number of aromatic carboxylic acids is 1. The summed E-state index contributed by atoms with van der Waals surface area (Å²) in [5.41, 5.74) is 1.96. The summed E-state index contributed by atoms with van der Waals surface area (Å²) in [6.45, 7) is 0. The van der Waals surface area contributed by atoms with Crippen molar-refractivity contribution in [3.63, 3.8) is 0 Å². The number of halogens is 1. The number of rotatable bonds is 3. The zero-order chi connectivity index (χ0) is 11.5. The normalized spacial score (nSPS) is 10.3. The highest BCUT2D eigenvalue weighted by Gasteiger charge is 2.21. The van der Waals surface area contributed by atoms with E-state index in [-0.39, 0.29) is 5.76 Å². The van der Waals surface area contributed by atoms with Crippen molar-refractivity contribution in [2.24, 2.45) is 0 Å². The molecule has 0 amide bonds. The minimum atomic E-state index is -1.11. The van der Waals surface area contributed by atoms with Crippen LogP contribution in [0.5, 0.6) is 0 Å². The van der Waals surface area contributed by atoms with Crippen molar-refractivity contribution in [1.82, 2.24) is 5.16 Å². The van der Waals surface area contributed by atoms with Gasteiger partial charge in [0.1, 0.15) is 5.69 Å². The Kier molecular flexibility index (Phi) is 3.05. The molecule has 0 radical (unpaired) electrons. The average molecular weight is 282 g/mol. The van der Waals surface area contributed by atoms with Crippen LogP contribution >= 0.6 is 15.9 Å². The second kappa shape index (κ2) is 4.49. The van der Waals surface area contributed by atoms with Crippen molar-refractivity contribution >= 4 is 21.9 Å². The van der Waals surface area contributed by atoms with Gasteiger partial charge in [0.15, 0.2) is 0 Å². The van der Waals surface area contributed by atoms with E-state index in [2.05, 4.69) is 21.1 Å². The van der Waals surface area contributed by atoms with Gasteiger partial charge in [0, 0.05) is 16.5 Å². The first-order valence-electron chi connectivity index (χ1n) is 4.57. The Morgan fingerprint density at radius 3 is 2.62 bits per heavy atom. The molecule has 2 aromatic rings. The number of carbonyl (C=O) groups is 1.